The molecule has 0 unspecified atom stereocenters. The lowest BCUT2D eigenvalue weighted by molar-refractivity contribution is 0.0696. The molecule has 68 valence electrons. The highest BCUT2D eigenvalue weighted by atomic mass is 16.4. The van der Waals surface area contributed by atoms with Crippen molar-refractivity contribution in [3.63, 3.8) is 0 Å². The highest BCUT2D eigenvalue weighted by Crippen LogP contribution is 2.10. The van der Waals surface area contributed by atoms with Crippen molar-refractivity contribution >= 4 is 18.2 Å². The summed E-state index contributed by atoms with van der Waals surface area (Å²) in [6, 6.07) is 0. The molecule has 1 aromatic heterocycles. The average molecular weight is 178 g/mol. The Kier molecular flexibility index (Phi) is 2.64. The zero-order valence-corrected chi connectivity index (χ0v) is 7.27. The molecule has 0 aliphatic rings. The Morgan fingerprint density at radius 1 is 1.77 bits per heavy atom. The van der Waals surface area contributed by atoms with Crippen LogP contribution in [0.1, 0.15) is 23.0 Å². The van der Waals surface area contributed by atoms with Crippen molar-refractivity contribution in [3.05, 3.63) is 30.1 Å². The SMILES string of the molecule is C=Cc1c(C(=O)O)cnn1/C=C\C. The quantitative estimate of drug-likeness (QED) is 0.766. The van der Waals surface area contributed by atoms with E-state index in [1.54, 1.807) is 12.3 Å². The van der Waals surface area contributed by atoms with Crippen LogP contribution in [0, 0.1) is 0 Å². The number of carbonyl (C=O) groups is 1. The standard InChI is InChI=1S/C9H10N2O2/c1-3-5-11-8(4-2)7(6-10-11)9(12)13/h3-6H,2H2,1H3,(H,12,13)/b5-3-. The van der Waals surface area contributed by atoms with Gasteiger partial charge in [-0.25, -0.2) is 9.48 Å². The summed E-state index contributed by atoms with van der Waals surface area (Å²) in [6.07, 6.45) is 6.21. The van der Waals surface area contributed by atoms with Gasteiger partial charge in [-0.15, -0.1) is 0 Å². The molecule has 0 saturated carbocycles. The number of allylic oxidation sites excluding steroid dienone is 1. The summed E-state index contributed by atoms with van der Waals surface area (Å²) >= 11 is 0. The van der Waals surface area contributed by atoms with E-state index in [4.69, 9.17) is 5.11 Å². The molecule has 0 saturated heterocycles. The van der Waals surface area contributed by atoms with Gasteiger partial charge in [-0.2, -0.15) is 5.10 Å². The van der Waals surface area contributed by atoms with Gasteiger partial charge in [0.15, 0.2) is 0 Å². The predicted octanol–water partition coefficient (Wildman–Crippen LogP) is 1.71. The van der Waals surface area contributed by atoms with Crippen molar-refractivity contribution in [2.45, 2.75) is 6.92 Å². The number of aromatic nitrogens is 2. The summed E-state index contributed by atoms with van der Waals surface area (Å²) in [5.74, 6) is -0.995. The van der Waals surface area contributed by atoms with E-state index in [1.165, 1.54) is 17.0 Å². The van der Waals surface area contributed by atoms with Gasteiger partial charge < -0.3 is 5.11 Å². The Labute approximate surface area is 75.8 Å². The smallest absolute Gasteiger partial charge is 0.339 e. The summed E-state index contributed by atoms with van der Waals surface area (Å²) < 4.78 is 1.47. The van der Waals surface area contributed by atoms with Crippen molar-refractivity contribution in [1.29, 1.82) is 0 Å². The first-order chi connectivity index (χ1) is 6.20. The van der Waals surface area contributed by atoms with E-state index in [-0.39, 0.29) is 5.56 Å². The van der Waals surface area contributed by atoms with Crippen LogP contribution < -0.4 is 0 Å². The maximum absolute atomic E-state index is 10.7. The maximum Gasteiger partial charge on any atom is 0.339 e. The molecule has 0 amide bonds. The van der Waals surface area contributed by atoms with E-state index >= 15 is 0 Å². The minimum Gasteiger partial charge on any atom is -0.478 e. The Morgan fingerprint density at radius 2 is 2.46 bits per heavy atom. The van der Waals surface area contributed by atoms with Crippen molar-refractivity contribution < 1.29 is 9.90 Å². The number of hydrogen-bond acceptors (Lipinski definition) is 2. The number of aromatic carboxylic acids is 1. The van der Waals surface area contributed by atoms with Crippen LogP contribution in [0.25, 0.3) is 12.3 Å². The molecule has 0 fully saturated rings. The van der Waals surface area contributed by atoms with E-state index in [0.29, 0.717) is 5.69 Å². The molecule has 0 aliphatic carbocycles. The molecule has 0 aliphatic heterocycles. The third kappa shape index (κ3) is 1.66. The van der Waals surface area contributed by atoms with E-state index < -0.39 is 5.97 Å². The molecule has 1 rings (SSSR count). The zero-order valence-electron chi connectivity index (χ0n) is 7.27. The molecule has 1 heterocycles. The molecule has 0 radical (unpaired) electrons. The van der Waals surface area contributed by atoms with Crippen LogP contribution >= 0.6 is 0 Å². The molecule has 4 nitrogen and oxygen atoms in total. The van der Waals surface area contributed by atoms with Gasteiger partial charge >= 0.3 is 5.97 Å². The van der Waals surface area contributed by atoms with Gasteiger partial charge in [-0.1, -0.05) is 12.7 Å². The lowest BCUT2D eigenvalue weighted by Gasteiger charge is -1.96. The van der Waals surface area contributed by atoms with Gasteiger partial charge in [0, 0.05) is 6.20 Å². The first-order valence-corrected chi connectivity index (χ1v) is 3.76. The second kappa shape index (κ2) is 3.71. The lowest BCUT2D eigenvalue weighted by atomic mass is 10.2. The Bertz CT molecular complexity index is 364. The fraction of sp³-hybridized carbons (Fsp3) is 0.111. The molecule has 1 N–H and O–H groups in total. The van der Waals surface area contributed by atoms with E-state index in [2.05, 4.69) is 11.7 Å². The Morgan fingerprint density at radius 3 is 2.92 bits per heavy atom. The molecular formula is C9H10N2O2. The number of carboxylic acid groups (broad SMARTS) is 1. The van der Waals surface area contributed by atoms with Gasteiger partial charge in [-0.05, 0) is 13.0 Å². The highest BCUT2D eigenvalue weighted by Gasteiger charge is 2.12. The number of nitrogens with zero attached hydrogens (tertiary/aromatic N) is 2. The minimum atomic E-state index is -0.995. The van der Waals surface area contributed by atoms with Crippen molar-refractivity contribution in [3.8, 4) is 0 Å². The van der Waals surface area contributed by atoms with Crippen LogP contribution in [-0.2, 0) is 0 Å². The largest absolute Gasteiger partial charge is 0.478 e. The maximum atomic E-state index is 10.7. The topological polar surface area (TPSA) is 55.1 Å². The van der Waals surface area contributed by atoms with Gasteiger partial charge in [0.25, 0.3) is 0 Å². The van der Waals surface area contributed by atoms with Crippen LogP contribution in [0.4, 0.5) is 0 Å². The van der Waals surface area contributed by atoms with Crippen molar-refractivity contribution in [1.82, 2.24) is 9.78 Å². The summed E-state index contributed by atoms with van der Waals surface area (Å²) in [6.45, 7) is 5.36. The lowest BCUT2D eigenvalue weighted by Crippen LogP contribution is -1.99. The summed E-state index contributed by atoms with van der Waals surface area (Å²) in [5.41, 5.74) is 0.652. The molecule has 0 bridgehead atoms. The first kappa shape index (κ1) is 9.25. The number of hydrogen-bond donors (Lipinski definition) is 1. The van der Waals surface area contributed by atoms with Crippen molar-refractivity contribution in [2.75, 3.05) is 0 Å². The molecule has 1 aromatic rings. The van der Waals surface area contributed by atoms with Crippen LogP contribution in [0.3, 0.4) is 0 Å². The van der Waals surface area contributed by atoms with Gasteiger partial charge in [0.1, 0.15) is 5.56 Å². The Balaban J connectivity index is 3.25. The van der Waals surface area contributed by atoms with E-state index in [9.17, 15) is 4.79 Å². The van der Waals surface area contributed by atoms with Gasteiger partial charge in [0.2, 0.25) is 0 Å². The first-order valence-electron chi connectivity index (χ1n) is 3.76. The molecule has 0 atom stereocenters. The molecular weight excluding hydrogens is 168 g/mol. The Hall–Kier alpha value is -1.84. The van der Waals surface area contributed by atoms with Crippen LogP contribution in [0.5, 0.6) is 0 Å². The second-order valence-electron chi connectivity index (χ2n) is 2.38. The monoisotopic (exact) mass is 178 g/mol. The normalized spacial score (nSPS) is 10.5. The highest BCUT2D eigenvalue weighted by molar-refractivity contribution is 5.91. The van der Waals surface area contributed by atoms with Crippen LogP contribution in [0.2, 0.25) is 0 Å². The number of rotatable bonds is 3. The molecule has 13 heavy (non-hydrogen) atoms. The summed E-state index contributed by atoms with van der Waals surface area (Å²) in [5, 5.41) is 12.6. The predicted molar refractivity (Wildman–Crippen MR) is 50.3 cm³/mol. The molecule has 4 heteroatoms. The van der Waals surface area contributed by atoms with Gasteiger partial charge in [0.05, 0.1) is 11.9 Å². The van der Waals surface area contributed by atoms with Crippen LogP contribution in [-0.4, -0.2) is 20.9 Å². The summed E-state index contributed by atoms with van der Waals surface area (Å²) in [4.78, 5) is 10.7. The zero-order chi connectivity index (χ0) is 9.84. The third-order valence-corrected chi connectivity index (χ3v) is 1.55. The van der Waals surface area contributed by atoms with Gasteiger partial charge in [-0.3, -0.25) is 0 Å². The van der Waals surface area contributed by atoms with Crippen molar-refractivity contribution in [2.24, 2.45) is 0 Å². The number of carboxylic acids is 1. The minimum absolute atomic E-state index is 0.160. The van der Waals surface area contributed by atoms with E-state index in [1.807, 2.05) is 6.92 Å². The van der Waals surface area contributed by atoms with E-state index in [0.717, 1.165) is 0 Å². The fourth-order valence-electron chi connectivity index (χ4n) is 1.000. The summed E-state index contributed by atoms with van der Waals surface area (Å²) in [7, 11) is 0. The molecule has 0 spiro atoms. The van der Waals surface area contributed by atoms with Crippen LogP contribution in [0.15, 0.2) is 18.9 Å². The average Bonchev–Trinajstić information content (AvgIpc) is 2.48. The third-order valence-electron chi connectivity index (χ3n) is 1.55. The second-order valence-corrected chi connectivity index (χ2v) is 2.38. The molecule has 0 aromatic carbocycles. The fourth-order valence-corrected chi connectivity index (χ4v) is 1.000.